The minimum absolute atomic E-state index is 0.169. The smallest absolute Gasteiger partial charge is 0.220 e. The highest BCUT2D eigenvalue weighted by Gasteiger charge is 2.44. The van der Waals surface area contributed by atoms with Crippen molar-refractivity contribution in [2.75, 3.05) is 13.2 Å². The van der Waals surface area contributed by atoms with Gasteiger partial charge in [0.1, 0.15) is 24.4 Å². The molecule has 6 N–H and O–H groups in total. The van der Waals surface area contributed by atoms with Gasteiger partial charge in [0.25, 0.3) is 0 Å². The minimum Gasteiger partial charge on any atom is -0.394 e. The largest absolute Gasteiger partial charge is 0.394 e. The molecule has 1 rings (SSSR count). The van der Waals surface area contributed by atoms with Gasteiger partial charge in [0, 0.05) is 6.42 Å². The summed E-state index contributed by atoms with van der Waals surface area (Å²) in [6, 6.07) is -0.801. The number of carbonyl (C=O) groups excluding carboxylic acids is 1. The summed E-state index contributed by atoms with van der Waals surface area (Å²) in [5, 5.41) is 54.6. The Labute approximate surface area is 439 Å². The summed E-state index contributed by atoms with van der Waals surface area (Å²) >= 11 is 0. The van der Waals surface area contributed by atoms with E-state index in [9.17, 15) is 30.3 Å². The molecule has 0 spiro atoms. The van der Waals surface area contributed by atoms with Crippen LogP contribution in [0.25, 0.3) is 0 Å². The summed E-state index contributed by atoms with van der Waals surface area (Å²) in [6.45, 7) is 3.83. The lowest BCUT2D eigenvalue weighted by Gasteiger charge is -2.40. The fourth-order valence-electron chi connectivity index (χ4n) is 10.4. The Hall–Kier alpha value is -1.07. The Morgan fingerprint density at radius 1 is 0.465 bits per heavy atom. The van der Waals surface area contributed by atoms with E-state index in [1.165, 1.54) is 263 Å². The molecule has 0 radical (unpaired) electrons. The summed E-state index contributed by atoms with van der Waals surface area (Å²) in [4.78, 5) is 13.1. The highest BCUT2D eigenvalue weighted by Crippen LogP contribution is 2.23. The van der Waals surface area contributed by atoms with Crippen molar-refractivity contribution in [2.45, 2.75) is 365 Å². The molecule has 422 valence electrons. The zero-order valence-corrected chi connectivity index (χ0v) is 47.0. The lowest BCUT2D eigenvalue weighted by molar-refractivity contribution is -0.302. The van der Waals surface area contributed by atoms with Crippen LogP contribution in [0.5, 0.6) is 0 Å². The van der Waals surface area contributed by atoms with Crippen molar-refractivity contribution in [3.8, 4) is 0 Å². The number of aliphatic hydroxyl groups excluding tert-OH is 5. The second-order valence-electron chi connectivity index (χ2n) is 22.2. The number of aliphatic hydroxyl groups is 5. The normalized spacial score (nSPS) is 19.2. The van der Waals surface area contributed by atoms with Crippen molar-refractivity contribution in [3.63, 3.8) is 0 Å². The SMILES string of the molecule is CCCCCCCCCCCCCCCCCCCCCCCCCCC/C=C/C(O)C(COC1OC(CO)C(O)C(O)C1O)NC(=O)CCCCCCCCCCCCCCCCCCCCCCC. The topological polar surface area (TPSA) is 149 Å². The molecule has 9 heteroatoms. The van der Waals surface area contributed by atoms with Gasteiger partial charge in [0.05, 0.1) is 25.4 Å². The summed E-state index contributed by atoms with van der Waals surface area (Å²) in [6.07, 6.45) is 58.6. The van der Waals surface area contributed by atoms with Crippen LogP contribution in [0.1, 0.15) is 322 Å². The molecular weight excluding hydrogens is 887 g/mol. The van der Waals surface area contributed by atoms with Gasteiger partial charge in [0.15, 0.2) is 6.29 Å². The molecule has 7 unspecified atom stereocenters. The van der Waals surface area contributed by atoms with E-state index < -0.39 is 49.5 Å². The number of ether oxygens (including phenoxy) is 2. The molecule has 0 saturated carbocycles. The molecule has 1 heterocycles. The van der Waals surface area contributed by atoms with Crippen molar-refractivity contribution < 1.29 is 39.8 Å². The lowest BCUT2D eigenvalue weighted by atomic mass is 9.99. The third-order valence-electron chi connectivity index (χ3n) is 15.4. The summed E-state index contributed by atoms with van der Waals surface area (Å²) in [5.74, 6) is -0.169. The van der Waals surface area contributed by atoms with E-state index in [0.29, 0.717) is 6.42 Å². The highest BCUT2D eigenvalue weighted by atomic mass is 16.7. The predicted octanol–water partition coefficient (Wildman–Crippen LogP) is 16.0. The first-order valence-electron chi connectivity index (χ1n) is 31.4. The molecule has 71 heavy (non-hydrogen) atoms. The number of amides is 1. The fraction of sp³-hybridized carbons (Fsp3) is 0.952. The third kappa shape index (κ3) is 41.8. The van der Waals surface area contributed by atoms with Crippen molar-refractivity contribution in [2.24, 2.45) is 0 Å². The van der Waals surface area contributed by atoms with Gasteiger partial charge in [-0.05, 0) is 19.3 Å². The second-order valence-corrected chi connectivity index (χ2v) is 22.2. The molecular formula is C62H121NO8. The maximum absolute atomic E-state index is 13.1. The van der Waals surface area contributed by atoms with Crippen LogP contribution in [0, 0.1) is 0 Å². The molecule has 0 aromatic rings. The highest BCUT2D eigenvalue weighted by molar-refractivity contribution is 5.76. The standard InChI is InChI=1S/C62H121NO8/c1-3-5-7-9-11-13-15-17-19-21-23-25-26-27-28-29-30-32-33-35-37-39-41-43-45-47-49-51-56(65)55(54-70-62-61(69)60(68)59(67)57(53-64)71-62)63-58(66)52-50-48-46-44-42-40-38-36-34-31-24-22-20-18-16-14-12-10-8-6-4-2/h49,51,55-57,59-62,64-65,67-69H,3-48,50,52-54H2,1-2H3,(H,63,66)/b51-49+. The van der Waals surface area contributed by atoms with Gasteiger partial charge in [-0.3, -0.25) is 4.79 Å². The van der Waals surface area contributed by atoms with Crippen molar-refractivity contribution >= 4 is 5.91 Å². The van der Waals surface area contributed by atoms with E-state index in [1.807, 2.05) is 6.08 Å². The van der Waals surface area contributed by atoms with Gasteiger partial charge < -0.3 is 40.3 Å². The molecule has 1 aliphatic rings. The van der Waals surface area contributed by atoms with Crippen molar-refractivity contribution in [3.05, 3.63) is 12.2 Å². The van der Waals surface area contributed by atoms with E-state index in [4.69, 9.17) is 9.47 Å². The summed E-state index contributed by atoms with van der Waals surface area (Å²) < 4.78 is 11.3. The van der Waals surface area contributed by atoms with Crippen LogP contribution in [-0.2, 0) is 14.3 Å². The van der Waals surface area contributed by atoms with E-state index in [2.05, 4.69) is 19.2 Å². The van der Waals surface area contributed by atoms with E-state index >= 15 is 0 Å². The van der Waals surface area contributed by atoms with Crippen LogP contribution in [-0.4, -0.2) is 87.5 Å². The maximum atomic E-state index is 13.1. The molecule has 1 saturated heterocycles. The van der Waals surface area contributed by atoms with Crippen LogP contribution in [0.4, 0.5) is 0 Å². The molecule has 0 aromatic heterocycles. The van der Waals surface area contributed by atoms with Crippen LogP contribution < -0.4 is 5.32 Å². The fourth-order valence-corrected chi connectivity index (χ4v) is 10.4. The predicted molar refractivity (Wildman–Crippen MR) is 300 cm³/mol. The van der Waals surface area contributed by atoms with Crippen LogP contribution in [0.3, 0.4) is 0 Å². The maximum Gasteiger partial charge on any atom is 0.220 e. The number of hydrogen-bond acceptors (Lipinski definition) is 8. The lowest BCUT2D eigenvalue weighted by Crippen LogP contribution is -2.60. The average Bonchev–Trinajstić information content (AvgIpc) is 3.37. The molecule has 7 atom stereocenters. The van der Waals surface area contributed by atoms with Crippen molar-refractivity contribution in [1.82, 2.24) is 5.32 Å². The zero-order chi connectivity index (χ0) is 51.5. The Bertz CT molecular complexity index is 1120. The second kappa shape index (κ2) is 52.4. The van der Waals surface area contributed by atoms with Gasteiger partial charge in [-0.2, -0.15) is 0 Å². The first-order chi connectivity index (χ1) is 34.8. The van der Waals surface area contributed by atoms with Gasteiger partial charge >= 0.3 is 0 Å². The van der Waals surface area contributed by atoms with Gasteiger partial charge in [-0.1, -0.05) is 309 Å². The molecule has 1 fully saturated rings. The number of hydrogen-bond donors (Lipinski definition) is 6. The van der Waals surface area contributed by atoms with E-state index in [1.54, 1.807) is 6.08 Å². The molecule has 9 nitrogen and oxygen atoms in total. The average molecular weight is 1010 g/mol. The van der Waals surface area contributed by atoms with Crippen LogP contribution in [0.15, 0.2) is 12.2 Å². The number of allylic oxidation sites excluding steroid dienone is 1. The molecule has 1 amide bonds. The quantitative estimate of drug-likeness (QED) is 0.0261. The van der Waals surface area contributed by atoms with Gasteiger partial charge in [-0.15, -0.1) is 0 Å². The zero-order valence-electron chi connectivity index (χ0n) is 47.0. The summed E-state index contributed by atoms with van der Waals surface area (Å²) in [7, 11) is 0. The monoisotopic (exact) mass is 1010 g/mol. The van der Waals surface area contributed by atoms with Crippen LogP contribution >= 0.6 is 0 Å². The number of unbranched alkanes of at least 4 members (excludes halogenated alkanes) is 45. The number of carbonyl (C=O) groups is 1. The number of nitrogens with one attached hydrogen (secondary N) is 1. The Kier molecular flexibility index (Phi) is 50.1. The Balaban J connectivity index is 2.17. The van der Waals surface area contributed by atoms with Gasteiger partial charge in [0.2, 0.25) is 5.91 Å². The van der Waals surface area contributed by atoms with E-state index in [-0.39, 0.29) is 12.5 Å². The van der Waals surface area contributed by atoms with E-state index in [0.717, 1.165) is 38.5 Å². The molecule has 0 bridgehead atoms. The number of rotatable bonds is 55. The first kappa shape index (κ1) is 67.9. The summed E-state index contributed by atoms with van der Waals surface area (Å²) in [5.41, 5.74) is 0. The Morgan fingerprint density at radius 3 is 1.10 bits per heavy atom. The molecule has 0 aromatic carbocycles. The molecule has 0 aliphatic carbocycles. The van der Waals surface area contributed by atoms with Gasteiger partial charge in [-0.25, -0.2) is 0 Å². The van der Waals surface area contributed by atoms with Crippen molar-refractivity contribution in [1.29, 1.82) is 0 Å². The molecule has 1 aliphatic heterocycles. The third-order valence-corrected chi connectivity index (χ3v) is 15.4. The van der Waals surface area contributed by atoms with Crippen LogP contribution in [0.2, 0.25) is 0 Å². The Morgan fingerprint density at radius 2 is 0.775 bits per heavy atom. The minimum atomic E-state index is -1.56. The first-order valence-corrected chi connectivity index (χ1v) is 31.4.